The Bertz CT molecular complexity index is 573. The smallest absolute Gasteiger partial charge is 0.194 e. The van der Waals surface area contributed by atoms with Crippen LogP contribution in [0.4, 0.5) is 8.78 Å². The molecule has 5 heteroatoms. The van der Waals surface area contributed by atoms with E-state index in [-0.39, 0.29) is 11.3 Å². The molecule has 0 aliphatic heterocycles. The van der Waals surface area contributed by atoms with Crippen LogP contribution in [0.2, 0.25) is 0 Å². The molecule has 106 valence electrons. The van der Waals surface area contributed by atoms with Crippen LogP contribution in [0.25, 0.3) is 11.3 Å². The molecule has 0 saturated heterocycles. The molecule has 20 heavy (non-hydrogen) atoms. The van der Waals surface area contributed by atoms with Crippen LogP contribution in [0.15, 0.2) is 28.8 Å². The monoisotopic (exact) mass is 278 g/mol. The minimum absolute atomic E-state index is 0.144. The van der Waals surface area contributed by atoms with Crippen LogP contribution >= 0.6 is 0 Å². The van der Waals surface area contributed by atoms with Crippen LogP contribution in [0.3, 0.4) is 0 Å². The number of halogens is 2. The van der Waals surface area contributed by atoms with Gasteiger partial charge in [0, 0.05) is 12.5 Å². The summed E-state index contributed by atoms with van der Waals surface area (Å²) in [5.41, 5.74) is -0.151. The molecule has 2 aromatic rings. The van der Waals surface area contributed by atoms with E-state index in [1.165, 1.54) is 37.2 Å². The van der Waals surface area contributed by atoms with E-state index in [1.54, 1.807) is 0 Å². The summed E-state index contributed by atoms with van der Waals surface area (Å²) in [5, 5.41) is 3.39. The van der Waals surface area contributed by atoms with Crippen molar-refractivity contribution < 1.29 is 13.2 Å². The zero-order valence-corrected chi connectivity index (χ0v) is 11.0. The van der Waals surface area contributed by atoms with Crippen molar-refractivity contribution in [3.63, 3.8) is 0 Å². The number of rotatable bonds is 6. The molecule has 0 unspecified atom stereocenters. The second-order valence-electron chi connectivity index (χ2n) is 5.05. The summed E-state index contributed by atoms with van der Waals surface area (Å²) in [6, 6.07) is 4.43. The maximum absolute atomic E-state index is 13.6. The molecule has 1 aliphatic carbocycles. The first-order chi connectivity index (χ1) is 9.74. The number of aryl methyl sites for hydroxylation is 1. The third-order valence-electron chi connectivity index (χ3n) is 3.34. The minimum Gasteiger partial charge on any atom is -0.441 e. The Balaban J connectivity index is 1.63. The van der Waals surface area contributed by atoms with Crippen molar-refractivity contribution in [3.05, 3.63) is 41.9 Å². The molecule has 1 aliphatic rings. The zero-order chi connectivity index (χ0) is 13.9. The molecule has 1 saturated carbocycles. The number of hydrogen-bond donors (Lipinski definition) is 1. The molecule has 0 radical (unpaired) electrons. The summed E-state index contributed by atoms with van der Waals surface area (Å²) < 4.78 is 32.7. The van der Waals surface area contributed by atoms with Crippen LogP contribution in [0, 0.1) is 11.6 Å². The summed E-state index contributed by atoms with van der Waals surface area (Å²) in [6.07, 6.45) is 5.46. The average molecular weight is 278 g/mol. The number of benzene rings is 1. The van der Waals surface area contributed by atoms with Crippen molar-refractivity contribution in [1.82, 2.24) is 10.3 Å². The quantitative estimate of drug-likeness (QED) is 0.824. The Hall–Kier alpha value is -1.75. The SMILES string of the molecule is Fc1cccc(F)c1-c1cnc(CCCNC2CC2)o1. The zero-order valence-electron chi connectivity index (χ0n) is 11.0. The first-order valence-electron chi connectivity index (χ1n) is 6.86. The normalized spacial score (nSPS) is 14.7. The van der Waals surface area contributed by atoms with E-state index in [2.05, 4.69) is 10.3 Å². The fourth-order valence-corrected chi connectivity index (χ4v) is 2.11. The first kappa shape index (κ1) is 13.2. The fraction of sp³-hybridized carbons (Fsp3) is 0.400. The number of nitrogens with one attached hydrogen (secondary N) is 1. The van der Waals surface area contributed by atoms with Gasteiger partial charge in [-0.2, -0.15) is 0 Å². The van der Waals surface area contributed by atoms with Gasteiger partial charge in [-0.3, -0.25) is 0 Å². The standard InChI is InChI=1S/C15H16F2N2O/c16-11-3-1-4-12(17)15(11)13-9-19-14(20-13)5-2-8-18-10-6-7-10/h1,3-4,9-10,18H,2,5-8H2. The lowest BCUT2D eigenvalue weighted by Gasteiger charge is -2.01. The molecule has 3 nitrogen and oxygen atoms in total. The molecule has 1 aromatic heterocycles. The fourth-order valence-electron chi connectivity index (χ4n) is 2.11. The van der Waals surface area contributed by atoms with E-state index in [1.807, 2.05) is 0 Å². The van der Waals surface area contributed by atoms with Gasteiger partial charge in [-0.1, -0.05) is 6.07 Å². The van der Waals surface area contributed by atoms with Crippen molar-refractivity contribution in [2.24, 2.45) is 0 Å². The van der Waals surface area contributed by atoms with Crippen LogP contribution in [0.5, 0.6) is 0 Å². The van der Waals surface area contributed by atoms with E-state index in [9.17, 15) is 8.78 Å². The minimum atomic E-state index is -0.636. The summed E-state index contributed by atoms with van der Waals surface area (Å²) in [5.74, 6) is -0.614. The van der Waals surface area contributed by atoms with E-state index in [0.717, 1.165) is 13.0 Å². The second-order valence-corrected chi connectivity index (χ2v) is 5.05. The molecule has 0 atom stereocenters. The third kappa shape index (κ3) is 3.04. The van der Waals surface area contributed by atoms with Crippen molar-refractivity contribution in [2.75, 3.05) is 6.54 Å². The van der Waals surface area contributed by atoms with Gasteiger partial charge in [0.05, 0.1) is 11.8 Å². The van der Waals surface area contributed by atoms with Gasteiger partial charge in [0.1, 0.15) is 11.6 Å². The van der Waals surface area contributed by atoms with Crippen molar-refractivity contribution in [2.45, 2.75) is 31.7 Å². The van der Waals surface area contributed by atoms with Crippen LogP contribution < -0.4 is 5.32 Å². The molecule has 0 spiro atoms. The molecule has 3 rings (SSSR count). The molecule has 0 amide bonds. The van der Waals surface area contributed by atoms with Crippen molar-refractivity contribution in [1.29, 1.82) is 0 Å². The van der Waals surface area contributed by atoms with E-state index < -0.39 is 11.6 Å². The number of aromatic nitrogens is 1. The highest BCUT2D eigenvalue weighted by molar-refractivity contribution is 5.58. The predicted octanol–water partition coefficient (Wildman–Crippen LogP) is 3.30. The summed E-state index contributed by atoms with van der Waals surface area (Å²) in [7, 11) is 0. The van der Waals surface area contributed by atoms with Gasteiger partial charge in [0.15, 0.2) is 11.7 Å². The second kappa shape index (κ2) is 5.71. The lowest BCUT2D eigenvalue weighted by Crippen LogP contribution is -2.17. The van der Waals surface area contributed by atoms with Crippen LogP contribution in [-0.2, 0) is 6.42 Å². The van der Waals surface area contributed by atoms with E-state index >= 15 is 0 Å². The van der Waals surface area contributed by atoms with E-state index in [0.29, 0.717) is 18.4 Å². The van der Waals surface area contributed by atoms with Crippen molar-refractivity contribution in [3.8, 4) is 11.3 Å². The molecule has 1 fully saturated rings. The lowest BCUT2D eigenvalue weighted by molar-refractivity contribution is 0.483. The van der Waals surface area contributed by atoms with Gasteiger partial charge < -0.3 is 9.73 Å². The Kier molecular flexibility index (Phi) is 3.78. The Morgan fingerprint density at radius 2 is 2.00 bits per heavy atom. The van der Waals surface area contributed by atoms with Gasteiger partial charge in [-0.15, -0.1) is 0 Å². The van der Waals surface area contributed by atoms with Gasteiger partial charge in [0.2, 0.25) is 0 Å². The molecule has 0 bridgehead atoms. The first-order valence-corrected chi connectivity index (χ1v) is 6.86. The molecular weight excluding hydrogens is 262 g/mol. The lowest BCUT2D eigenvalue weighted by atomic mass is 10.1. The van der Waals surface area contributed by atoms with Crippen LogP contribution in [0.1, 0.15) is 25.2 Å². The topological polar surface area (TPSA) is 38.1 Å². The summed E-state index contributed by atoms with van der Waals surface area (Å²) in [6.45, 7) is 0.913. The molecular formula is C15H16F2N2O. The maximum Gasteiger partial charge on any atom is 0.194 e. The summed E-state index contributed by atoms with van der Waals surface area (Å²) in [4.78, 5) is 4.08. The Morgan fingerprint density at radius 1 is 1.25 bits per heavy atom. The highest BCUT2D eigenvalue weighted by Gasteiger charge is 2.20. The average Bonchev–Trinajstić information content (AvgIpc) is 3.13. The molecule has 1 heterocycles. The number of nitrogens with zero attached hydrogens (tertiary/aromatic N) is 1. The summed E-state index contributed by atoms with van der Waals surface area (Å²) >= 11 is 0. The third-order valence-corrected chi connectivity index (χ3v) is 3.34. The van der Waals surface area contributed by atoms with Gasteiger partial charge >= 0.3 is 0 Å². The van der Waals surface area contributed by atoms with Gasteiger partial charge in [-0.05, 0) is 37.9 Å². The highest BCUT2D eigenvalue weighted by Crippen LogP contribution is 2.26. The van der Waals surface area contributed by atoms with Gasteiger partial charge in [-0.25, -0.2) is 13.8 Å². The van der Waals surface area contributed by atoms with Gasteiger partial charge in [0.25, 0.3) is 0 Å². The number of hydrogen-bond acceptors (Lipinski definition) is 3. The van der Waals surface area contributed by atoms with Crippen LogP contribution in [-0.4, -0.2) is 17.6 Å². The van der Waals surface area contributed by atoms with Crippen molar-refractivity contribution >= 4 is 0 Å². The largest absolute Gasteiger partial charge is 0.441 e. The highest BCUT2D eigenvalue weighted by atomic mass is 19.1. The molecule has 1 N–H and O–H groups in total. The predicted molar refractivity (Wildman–Crippen MR) is 71.2 cm³/mol. The Labute approximate surface area is 116 Å². The van der Waals surface area contributed by atoms with E-state index in [4.69, 9.17) is 4.42 Å². The maximum atomic E-state index is 13.6. The number of oxazole rings is 1. The Morgan fingerprint density at radius 3 is 2.70 bits per heavy atom. The molecule has 1 aromatic carbocycles.